The number of carbonyl (C=O) groups excluding carboxylic acids is 1. The van der Waals surface area contributed by atoms with Crippen LogP contribution < -0.4 is 10.2 Å². The van der Waals surface area contributed by atoms with Gasteiger partial charge in [0.15, 0.2) is 0 Å². The molecule has 0 saturated heterocycles. The Balaban J connectivity index is 1.96. The molecule has 0 fully saturated rings. The van der Waals surface area contributed by atoms with E-state index in [0.29, 0.717) is 6.54 Å². The molecule has 2 rings (SSSR count). The van der Waals surface area contributed by atoms with Crippen LogP contribution in [0.4, 0.5) is 5.69 Å². The van der Waals surface area contributed by atoms with Crippen molar-refractivity contribution in [3.63, 3.8) is 0 Å². The fourth-order valence-electron chi connectivity index (χ4n) is 2.27. The molecule has 1 unspecified atom stereocenters. The largest absolute Gasteiger partial charge is 0.370 e. The summed E-state index contributed by atoms with van der Waals surface area (Å²) < 4.78 is 0.985. The molecular formula is C18H21BrN2O. The highest BCUT2D eigenvalue weighted by Gasteiger charge is 2.13. The van der Waals surface area contributed by atoms with Crippen molar-refractivity contribution in [3.8, 4) is 0 Å². The number of aryl methyl sites for hydroxylation is 1. The van der Waals surface area contributed by atoms with E-state index in [4.69, 9.17) is 0 Å². The third kappa shape index (κ3) is 4.10. The minimum Gasteiger partial charge on any atom is -0.370 e. The van der Waals surface area contributed by atoms with Crippen LogP contribution in [0.25, 0.3) is 0 Å². The molecule has 2 aromatic rings. The summed E-state index contributed by atoms with van der Waals surface area (Å²) in [5, 5.41) is 3.01. The lowest BCUT2D eigenvalue weighted by molar-refractivity contribution is 0.0951. The van der Waals surface area contributed by atoms with Crippen LogP contribution in [0.3, 0.4) is 0 Å². The normalized spacial score (nSPS) is 11.8. The van der Waals surface area contributed by atoms with E-state index >= 15 is 0 Å². The molecule has 0 heterocycles. The maximum absolute atomic E-state index is 12.3. The molecular weight excluding hydrogens is 340 g/mol. The van der Waals surface area contributed by atoms with Gasteiger partial charge < -0.3 is 10.2 Å². The van der Waals surface area contributed by atoms with Crippen LogP contribution in [0.15, 0.2) is 53.0 Å². The number of nitrogens with one attached hydrogen (secondary N) is 1. The highest BCUT2D eigenvalue weighted by Crippen LogP contribution is 2.16. The zero-order chi connectivity index (χ0) is 16.1. The molecule has 1 atom stereocenters. The summed E-state index contributed by atoms with van der Waals surface area (Å²) in [5.74, 6) is -0.0293. The molecule has 116 valence electrons. The molecule has 4 heteroatoms. The average molecular weight is 361 g/mol. The molecule has 0 saturated carbocycles. The van der Waals surface area contributed by atoms with Gasteiger partial charge in [-0.25, -0.2) is 0 Å². The lowest BCUT2D eigenvalue weighted by atomic mass is 10.1. The van der Waals surface area contributed by atoms with E-state index in [1.807, 2.05) is 50.4 Å². The topological polar surface area (TPSA) is 32.3 Å². The zero-order valence-corrected chi connectivity index (χ0v) is 14.7. The first-order chi connectivity index (χ1) is 10.5. The van der Waals surface area contributed by atoms with E-state index in [2.05, 4.69) is 45.2 Å². The fraction of sp³-hybridized carbons (Fsp3) is 0.278. The van der Waals surface area contributed by atoms with Crippen LogP contribution in [0.1, 0.15) is 22.8 Å². The standard InChI is InChI=1S/C18H21BrN2O/c1-13-11-15(19)9-10-17(13)18(22)20-12-14(2)21(3)16-7-5-4-6-8-16/h4-11,14H,12H2,1-3H3,(H,20,22). The third-order valence-corrected chi connectivity index (χ3v) is 4.31. The summed E-state index contributed by atoms with van der Waals surface area (Å²) in [6.45, 7) is 4.64. The van der Waals surface area contributed by atoms with Crippen molar-refractivity contribution in [1.29, 1.82) is 0 Å². The number of anilines is 1. The Hall–Kier alpha value is -1.81. The van der Waals surface area contributed by atoms with Crippen LogP contribution in [0.5, 0.6) is 0 Å². The van der Waals surface area contributed by atoms with Crippen LogP contribution >= 0.6 is 15.9 Å². The number of rotatable bonds is 5. The lowest BCUT2D eigenvalue weighted by Gasteiger charge is -2.27. The molecule has 0 aliphatic heterocycles. The number of likely N-dealkylation sites (N-methyl/N-ethyl adjacent to an activating group) is 1. The summed E-state index contributed by atoms with van der Waals surface area (Å²) in [5.41, 5.74) is 2.83. The van der Waals surface area contributed by atoms with Gasteiger partial charge in [-0.1, -0.05) is 34.1 Å². The van der Waals surface area contributed by atoms with Crippen molar-refractivity contribution in [2.24, 2.45) is 0 Å². The first kappa shape index (κ1) is 16.6. The van der Waals surface area contributed by atoms with E-state index in [1.165, 1.54) is 0 Å². The minimum absolute atomic E-state index is 0.0293. The van der Waals surface area contributed by atoms with Crippen molar-refractivity contribution < 1.29 is 4.79 Å². The molecule has 1 amide bonds. The number of carbonyl (C=O) groups is 1. The Morgan fingerprint density at radius 1 is 1.23 bits per heavy atom. The smallest absolute Gasteiger partial charge is 0.251 e. The molecule has 0 aliphatic rings. The van der Waals surface area contributed by atoms with Gasteiger partial charge in [0.1, 0.15) is 0 Å². The Morgan fingerprint density at radius 3 is 2.55 bits per heavy atom. The first-order valence-corrected chi connectivity index (χ1v) is 8.10. The van der Waals surface area contributed by atoms with Gasteiger partial charge in [0, 0.05) is 35.4 Å². The van der Waals surface area contributed by atoms with Crippen molar-refractivity contribution in [2.75, 3.05) is 18.5 Å². The van der Waals surface area contributed by atoms with Crippen LogP contribution in [-0.4, -0.2) is 25.5 Å². The lowest BCUT2D eigenvalue weighted by Crippen LogP contribution is -2.40. The van der Waals surface area contributed by atoms with E-state index in [9.17, 15) is 4.79 Å². The molecule has 3 nitrogen and oxygen atoms in total. The Bertz CT molecular complexity index is 643. The minimum atomic E-state index is -0.0293. The van der Waals surface area contributed by atoms with Crippen LogP contribution in [0, 0.1) is 6.92 Å². The second-order valence-electron chi connectivity index (χ2n) is 5.46. The number of hydrogen-bond acceptors (Lipinski definition) is 2. The van der Waals surface area contributed by atoms with Crippen LogP contribution in [-0.2, 0) is 0 Å². The number of nitrogens with zero attached hydrogens (tertiary/aromatic N) is 1. The van der Waals surface area contributed by atoms with E-state index in [-0.39, 0.29) is 11.9 Å². The van der Waals surface area contributed by atoms with Gasteiger partial charge >= 0.3 is 0 Å². The van der Waals surface area contributed by atoms with Gasteiger partial charge in [-0.05, 0) is 49.7 Å². The predicted octanol–water partition coefficient (Wildman–Crippen LogP) is 4.01. The summed E-state index contributed by atoms with van der Waals surface area (Å²) >= 11 is 3.41. The van der Waals surface area contributed by atoms with Crippen molar-refractivity contribution >= 4 is 27.5 Å². The monoisotopic (exact) mass is 360 g/mol. The third-order valence-electron chi connectivity index (χ3n) is 3.82. The van der Waals surface area contributed by atoms with Gasteiger partial charge in [0.05, 0.1) is 0 Å². The van der Waals surface area contributed by atoms with Crippen molar-refractivity contribution in [2.45, 2.75) is 19.9 Å². The van der Waals surface area contributed by atoms with Crippen molar-refractivity contribution in [1.82, 2.24) is 5.32 Å². The zero-order valence-electron chi connectivity index (χ0n) is 13.1. The summed E-state index contributed by atoms with van der Waals surface area (Å²) in [7, 11) is 2.04. The summed E-state index contributed by atoms with van der Waals surface area (Å²) in [6.07, 6.45) is 0. The van der Waals surface area contributed by atoms with Gasteiger partial charge in [0.25, 0.3) is 5.91 Å². The van der Waals surface area contributed by atoms with Crippen LogP contribution in [0.2, 0.25) is 0 Å². The molecule has 22 heavy (non-hydrogen) atoms. The highest BCUT2D eigenvalue weighted by molar-refractivity contribution is 9.10. The van der Waals surface area contributed by atoms with Crippen molar-refractivity contribution in [3.05, 3.63) is 64.1 Å². The van der Waals surface area contributed by atoms with Gasteiger partial charge in [-0.15, -0.1) is 0 Å². The molecule has 0 spiro atoms. The number of amides is 1. The summed E-state index contributed by atoms with van der Waals surface area (Å²) in [6, 6.07) is 16.1. The number of hydrogen-bond donors (Lipinski definition) is 1. The highest BCUT2D eigenvalue weighted by atomic mass is 79.9. The molecule has 0 aromatic heterocycles. The Morgan fingerprint density at radius 2 is 1.91 bits per heavy atom. The SMILES string of the molecule is Cc1cc(Br)ccc1C(=O)NCC(C)N(C)c1ccccc1. The molecule has 2 aromatic carbocycles. The molecule has 0 radical (unpaired) electrons. The predicted molar refractivity (Wildman–Crippen MR) is 95.5 cm³/mol. The average Bonchev–Trinajstić information content (AvgIpc) is 2.52. The van der Waals surface area contributed by atoms with Gasteiger partial charge in [-0.3, -0.25) is 4.79 Å². The second kappa shape index (κ2) is 7.45. The molecule has 0 aliphatic carbocycles. The first-order valence-electron chi connectivity index (χ1n) is 7.31. The number of benzene rings is 2. The molecule has 0 bridgehead atoms. The van der Waals surface area contributed by atoms with E-state index in [0.717, 1.165) is 21.3 Å². The van der Waals surface area contributed by atoms with E-state index < -0.39 is 0 Å². The van der Waals surface area contributed by atoms with E-state index in [1.54, 1.807) is 0 Å². The molecule has 1 N–H and O–H groups in total. The van der Waals surface area contributed by atoms with Gasteiger partial charge in [0.2, 0.25) is 0 Å². The Labute approximate surface area is 140 Å². The summed E-state index contributed by atoms with van der Waals surface area (Å²) in [4.78, 5) is 14.5. The fourth-order valence-corrected chi connectivity index (χ4v) is 2.75. The van der Waals surface area contributed by atoms with Gasteiger partial charge in [-0.2, -0.15) is 0 Å². The maximum atomic E-state index is 12.3. The Kier molecular flexibility index (Phi) is 5.61. The maximum Gasteiger partial charge on any atom is 0.251 e. The number of halogens is 1. The second-order valence-corrected chi connectivity index (χ2v) is 6.38. The number of para-hydroxylation sites is 1. The quantitative estimate of drug-likeness (QED) is 0.873.